The molecule has 3 nitrogen and oxygen atoms in total. The van der Waals surface area contributed by atoms with E-state index >= 15 is 0 Å². The number of aliphatic hydroxyl groups is 1. The number of benzene rings is 1. The highest BCUT2D eigenvalue weighted by atomic mass is 19.1. The number of hydrogen-bond donors (Lipinski definition) is 1. The zero-order chi connectivity index (χ0) is 11.6. The molecular formula is C12H15FO3. The minimum absolute atomic E-state index is 0.0701. The lowest BCUT2D eigenvalue weighted by Crippen LogP contribution is -2.47. The average molecular weight is 226 g/mol. The summed E-state index contributed by atoms with van der Waals surface area (Å²) in [5.41, 5.74) is 0.636. The fourth-order valence-corrected chi connectivity index (χ4v) is 1.89. The van der Waals surface area contributed by atoms with Gasteiger partial charge in [0.2, 0.25) is 0 Å². The van der Waals surface area contributed by atoms with Crippen molar-refractivity contribution in [3.8, 4) is 5.75 Å². The minimum Gasteiger partial charge on any atom is -0.494 e. The predicted octanol–water partition coefficient (Wildman–Crippen LogP) is 1.39. The van der Waals surface area contributed by atoms with Crippen LogP contribution in [0.1, 0.15) is 5.56 Å². The maximum absolute atomic E-state index is 13.4. The Balaban J connectivity index is 2.13. The van der Waals surface area contributed by atoms with Crippen LogP contribution in [0.3, 0.4) is 0 Å². The van der Waals surface area contributed by atoms with Gasteiger partial charge in [-0.05, 0) is 24.1 Å². The molecule has 1 aliphatic heterocycles. The Labute approximate surface area is 93.8 Å². The Morgan fingerprint density at radius 1 is 1.50 bits per heavy atom. The highest BCUT2D eigenvalue weighted by molar-refractivity contribution is 5.30. The molecule has 0 saturated carbocycles. The van der Waals surface area contributed by atoms with Gasteiger partial charge in [-0.25, -0.2) is 4.39 Å². The van der Waals surface area contributed by atoms with Crippen LogP contribution in [0.4, 0.5) is 4.39 Å². The minimum atomic E-state index is -0.367. The molecule has 0 spiro atoms. The Bertz CT molecular complexity index is 369. The molecule has 1 N–H and O–H groups in total. The lowest BCUT2D eigenvalue weighted by molar-refractivity contribution is -0.136. The summed E-state index contributed by atoms with van der Waals surface area (Å²) < 4.78 is 23.4. The highest BCUT2D eigenvalue weighted by Crippen LogP contribution is 2.32. The van der Waals surface area contributed by atoms with E-state index in [1.54, 1.807) is 6.07 Å². The van der Waals surface area contributed by atoms with Crippen LogP contribution in [0, 0.1) is 11.2 Å². The lowest BCUT2D eigenvalue weighted by atomic mass is 9.80. The van der Waals surface area contributed by atoms with Crippen LogP contribution in [0.25, 0.3) is 0 Å². The first kappa shape index (κ1) is 11.4. The van der Waals surface area contributed by atoms with Crippen molar-refractivity contribution in [1.29, 1.82) is 0 Å². The summed E-state index contributed by atoms with van der Waals surface area (Å²) in [6, 6.07) is 4.88. The zero-order valence-corrected chi connectivity index (χ0v) is 9.20. The van der Waals surface area contributed by atoms with Gasteiger partial charge in [0.15, 0.2) is 11.6 Å². The molecule has 0 unspecified atom stereocenters. The summed E-state index contributed by atoms with van der Waals surface area (Å²) in [6.07, 6.45) is 0.629. The maximum Gasteiger partial charge on any atom is 0.165 e. The first-order valence-electron chi connectivity index (χ1n) is 5.20. The van der Waals surface area contributed by atoms with Crippen molar-refractivity contribution in [3.05, 3.63) is 29.6 Å². The molecule has 88 valence electrons. The van der Waals surface area contributed by atoms with Gasteiger partial charge in [0.05, 0.1) is 26.9 Å². The second-order valence-electron chi connectivity index (χ2n) is 4.30. The summed E-state index contributed by atoms with van der Waals surface area (Å²) in [5.74, 6) is -0.125. The molecule has 0 atom stereocenters. The molecule has 1 saturated heterocycles. The Kier molecular flexibility index (Phi) is 3.12. The van der Waals surface area contributed by atoms with Crippen LogP contribution in [-0.4, -0.2) is 32.0 Å². The number of methoxy groups -OCH3 is 1. The number of halogens is 1. The van der Waals surface area contributed by atoms with Crippen LogP contribution in [0.5, 0.6) is 5.75 Å². The first-order chi connectivity index (χ1) is 7.69. The highest BCUT2D eigenvalue weighted by Gasteiger charge is 2.38. The number of ether oxygens (including phenoxy) is 2. The SMILES string of the molecule is COc1ccc(CC2(CO)COC2)cc1F. The fraction of sp³-hybridized carbons (Fsp3) is 0.500. The smallest absolute Gasteiger partial charge is 0.165 e. The van der Waals surface area contributed by atoms with E-state index < -0.39 is 0 Å². The van der Waals surface area contributed by atoms with Gasteiger partial charge >= 0.3 is 0 Å². The summed E-state index contributed by atoms with van der Waals surface area (Å²) in [6.45, 7) is 1.15. The molecule has 0 bridgehead atoms. The third-order valence-electron chi connectivity index (χ3n) is 2.95. The second-order valence-corrected chi connectivity index (χ2v) is 4.30. The number of aliphatic hydroxyl groups excluding tert-OH is 1. The van der Waals surface area contributed by atoms with Crippen molar-refractivity contribution in [1.82, 2.24) is 0 Å². The van der Waals surface area contributed by atoms with E-state index in [0.29, 0.717) is 19.6 Å². The van der Waals surface area contributed by atoms with Gasteiger partial charge < -0.3 is 14.6 Å². The monoisotopic (exact) mass is 226 g/mol. The van der Waals surface area contributed by atoms with Gasteiger partial charge in [-0.3, -0.25) is 0 Å². The van der Waals surface area contributed by atoms with Crippen LogP contribution in [0.15, 0.2) is 18.2 Å². The standard InChI is InChI=1S/C12H15FO3/c1-15-11-3-2-9(4-10(11)13)5-12(6-14)7-16-8-12/h2-4,14H,5-8H2,1H3. The van der Waals surface area contributed by atoms with Crippen LogP contribution in [0.2, 0.25) is 0 Å². The Morgan fingerprint density at radius 2 is 2.25 bits per heavy atom. The van der Waals surface area contributed by atoms with Crippen molar-refractivity contribution in [2.75, 3.05) is 26.9 Å². The molecule has 16 heavy (non-hydrogen) atoms. The summed E-state index contributed by atoms with van der Waals surface area (Å²) >= 11 is 0. The first-order valence-corrected chi connectivity index (χ1v) is 5.20. The molecular weight excluding hydrogens is 211 g/mol. The average Bonchev–Trinajstić information content (AvgIpc) is 2.24. The summed E-state index contributed by atoms with van der Waals surface area (Å²) in [7, 11) is 1.44. The van der Waals surface area contributed by atoms with E-state index in [0.717, 1.165) is 5.56 Å². The molecule has 4 heteroatoms. The van der Waals surface area contributed by atoms with E-state index in [4.69, 9.17) is 9.47 Å². The topological polar surface area (TPSA) is 38.7 Å². The number of hydrogen-bond acceptors (Lipinski definition) is 3. The largest absolute Gasteiger partial charge is 0.494 e. The molecule has 0 amide bonds. The van der Waals surface area contributed by atoms with E-state index in [1.807, 2.05) is 6.07 Å². The molecule has 1 aromatic rings. The lowest BCUT2D eigenvalue weighted by Gasteiger charge is -2.40. The fourth-order valence-electron chi connectivity index (χ4n) is 1.89. The quantitative estimate of drug-likeness (QED) is 0.843. The maximum atomic E-state index is 13.4. The van der Waals surface area contributed by atoms with Crippen molar-refractivity contribution >= 4 is 0 Å². The van der Waals surface area contributed by atoms with Gasteiger partial charge in [-0.2, -0.15) is 0 Å². The van der Waals surface area contributed by atoms with E-state index in [-0.39, 0.29) is 23.6 Å². The summed E-state index contributed by atoms with van der Waals surface area (Å²) in [4.78, 5) is 0. The van der Waals surface area contributed by atoms with E-state index in [9.17, 15) is 9.50 Å². The molecule has 1 fully saturated rings. The predicted molar refractivity (Wildman–Crippen MR) is 57.0 cm³/mol. The third-order valence-corrected chi connectivity index (χ3v) is 2.95. The van der Waals surface area contributed by atoms with Gasteiger partial charge in [-0.1, -0.05) is 6.07 Å². The normalized spacial score (nSPS) is 17.9. The van der Waals surface area contributed by atoms with Crippen LogP contribution in [-0.2, 0) is 11.2 Å². The van der Waals surface area contributed by atoms with E-state index in [1.165, 1.54) is 13.2 Å². The van der Waals surface area contributed by atoms with Crippen molar-refractivity contribution in [2.24, 2.45) is 5.41 Å². The Morgan fingerprint density at radius 3 is 2.69 bits per heavy atom. The van der Waals surface area contributed by atoms with Gasteiger partial charge in [-0.15, -0.1) is 0 Å². The molecule has 2 rings (SSSR count). The number of rotatable bonds is 4. The van der Waals surface area contributed by atoms with Gasteiger partial charge in [0.1, 0.15) is 0 Å². The van der Waals surface area contributed by atoms with Crippen molar-refractivity contribution < 1.29 is 19.0 Å². The molecule has 0 aliphatic carbocycles. The van der Waals surface area contributed by atoms with Crippen LogP contribution < -0.4 is 4.74 Å². The second kappa shape index (κ2) is 4.39. The molecule has 1 aliphatic rings. The molecule has 1 heterocycles. The molecule has 0 radical (unpaired) electrons. The van der Waals surface area contributed by atoms with Crippen LogP contribution >= 0.6 is 0 Å². The third kappa shape index (κ3) is 2.03. The summed E-state index contributed by atoms with van der Waals surface area (Å²) in [5, 5.41) is 9.27. The Hall–Kier alpha value is -1.13. The molecule has 0 aromatic heterocycles. The van der Waals surface area contributed by atoms with Gasteiger partial charge in [0, 0.05) is 5.41 Å². The molecule has 1 aromatic carbocycles. The van der Waals surface area contributed by atoms with Crippen molar-refractivity contribution in [3.63, 3.8) is 0 Å². The van der Waals surface area contributed by atoms with Crippen molar-refractivity contribution in [2.45, 2.75) is 6.42 Å². The zero-order valence-electron chi connectivity index (χ0n) is 9.20. The van der Waals surface area contributed by atoms with E-state index in [2.05, 4.69) is 0 Å². The van der Waals surface area contributed by atoms with Gasteiger partial charge in [0.25, 0.3) is 0 Å².